The molecule has 1 saturated heterocycles. The van der Waals surface area contributed by atoms with Crippen LogP contribution in [0.25, 0.3) is 0 Å². The number of aryl methyl sites for hydroxylation is 1. The number of rotatable bonds is 5. The monoisotopic (exact) mass is 315 g/mol. The van der Waals surface area contributed by atoms with Crippen LogP contribution in [0.2, 0.25) is 0 Å². The van der Waals surface area contributed by atoms with Crippen LogP contribution in [0.3, 0.4) is 0 Å². The molecule has 3 heterocycles. The lowest BCUT2D eigenvalue weighted by molar-refractivity contribution is 0.0975. The summed E-state index contributed by atoms with van der Waals surface area (Å²) in [5.74, 6) is 3.59. The molecule has 0 amide bonds. The first kappa shape index (κ1) is 15.0. The van der Waals surface area contributed by atoms with E-state index in [0.717, 1.165) is 37.0 Å². The molecule has 4 rings (SSSR count). The minimum atomic E-state index is 0.0848. The van der Waals surface area contributed by atoms with Crippen LogP contribution >= 0.6 is 0 Å². The van der Waals surface area contributed by atoms with Crippen LogP contribution in [0.5, 0.6) is 0 Å². The first-order valence-corrected chi connectivity index (χ1v) is 8.55. The zero-order valence-electron chi connectivity index (χ0n) is 14.1. The quantitative estimate of drug-likeness (QED) is 0.921. The van der Waals surface area contributed by atoms with E-state index in [2.05, 4.69) is 36.4 Å². The first-order valence-electron chi connectivity index (χ1n) is 8.55. The molecule has 124 valence electrons. The Kier molecular flexibility index (Phi) is 3.77. The Morgan fingerprint density at radius 2 is 2.22 bits per heavy atom. The van der Waals surface area contributed by atoms with Crippen molar-refractivity contribution in [1.29, 1.82) is 0 Å². The largest absolute Gasteiger partial charge is 0.464 e. The molecule has 0 radical (unpaired) electrons. The molecule has 0 unspecified atom stereocenters. The zero-order valence-corrected chi connectivity index (χ0v) is 14.1. The Morgan fingerprint density at radius 1 is 1.39 bits per heavy atom. The maximum Gasteiger partial charge on any atom is 0.117 e. The molecule has 5 nitrogen and oxygen atoms in total. The fourth-order valence-electron chi connectivity index (χ4n) is 3.54. The predicted octanol–water partition coefficient (Wildman–Crippen LogP) is 3.06. The fourth-order valence-corrected chi connectivity index (χ4v) is 3.54. The molecule has 2 aliphatic rings. The van der Waals surface area contributed by atoms with Crippen LogP contribution in [-0.4, -0.2) is 22.4 Å². The summed E-state index contributed by atoms with van der Waals surface area (Å²) >= 11 is 0. The lowest BCUT2D eigenvalue weighted by atomic mass is 10.0. The van der Waals surface area contributed by atoms with Gasteiger partial charge in [0.25, 0.3) is 0 Å². The molecule has 1 saturated carbocycles. The second-order valence-corrected chi connectivity index (χ2v) is 7.00. The van der Waals surface area contributed by atoms with E-state index < -0.39 is 0 Å². The molecule has 4 atom stereocenters. The summed E-state index contributed by atoms with van der Waals surface area (Å²) in [4.78, 5) is 0. The normalized spacial score (nSPS) is 30.0. The van der Waals surface area contributed by atoms with Crippen molar-refractivity contribution in [3.05, 3.63) is 41.1 Å². The minimum Gasteiger partial charge on any atom is -0.464 e. The van der Waals surface area contributed by atoms with E-state index in [9.17, 15) is 0 Å². The van der Waals surface area contributed by atoms with Gasteiger partial charge in [-0.2, -0.15) is 5.10 Å². The third-order valence-electron chi connectivity index (χ3n) is 5.37. The van der Waals surface area contributed by atoms with E-state index in [-0.39, 0.29) is 6.10 Å². The van der Waals surface area contributed by atoms with E-state index in [4.69, 9.17) is 9.15 Å². The summed E-state index contributed by atoms with van der Waals surface area (Å²) in [6.07, 6.45) is 4.30. The summed E-state index contributed by atoms with van der Waals surface area (Å²) in [5.41, 5.74) is 2.36. The topological polar surface area (TPSA) is 52.2 Å². The highest BCUT2D eigenvalue weighted by atomic mass is 16.5. The van der Waals surface area contributed by atoms with Crippen molar-refractivity contribution in [2.45, 2.75) is 51.3 Å². The minimum absolute atomic E-state index is 0.0848. The van der Waals surface area contributed by atoms with E-state index in [0.29, 0.717) is 12.0 Å². The van der Waals surface area contributed by atoms with Crippen molar-refractivity contribution in [2.24, 2.45) is 13.0 Å². The highest BCUT2D eigenvalue weighted by Crippen LogP contribution is 2.47. The SMILES string of the molecule is Cc1c([C@H]2OCC[C@@H]2NCc2ccc([C@H]3C[C@@H]3C)o2)cnn1C. The molecular weight excluding hydrogens is 290 g/mol. The third kappa shape index (κ3) is 2.83. The molecule has 1 aliphatic carbocycles. The van der Waals surface area contributed by atoms with E-state index in [1.807, 2.05) is 17.9 Å². The average Bonchev–Trinajstić information content (AvgIpc) is 2.93. The van der Waals surface area contributed by atoms with Crippen LogP contribution in [-0.2, 0) is 18.3 Å². The van der Waals surface area contributed by atoms with Crippen LogP contribution in [0.15, 0.2) is 22.7 Å². The summed E-state index contributed by atoms with van der Waals surface area (Å²) in [6, 6.07) is 4.55. The van der Waals surface area contributed by atoms with Gasteiger partial charge in [-0.05, 0) is 37.8 Å². The van der Waals surface area contributed by atoms with Gasteiger partial charge in [0.05, 0.1) is 12.7 Å². The van der Waals surface area contributed by atoms with Crippen LogP contribution in [0, 0.1) is 12.8 Å². The van der Waals surface area contributed by atoms with Gasteiger partial charge in [-0.1, -0.05) is 6.92 Å². The van der Waals surface area contributed by atoms with Gasteiger partial charge in [-0.3, -0.25) is 4.68 Å². The van der Waals surface area contributed by atoms with Gasteiger partial charge in [0.1, 0.15) is 17.6 Å². The highest BCUT2D eigenvalue weighted by Gasteiger charge is 2.37. The fraction of sp³-hybridized carbons (Fsp3) is 0.611. The Labute approximate surface area is 137 Å². The number of nitrogens with zero attached hydrogens (tertiary/aromatic N) is 2. The lowest BCUT2D eigenvalue weighted by Gasteiger charge is -2.19. The van der Waals surface area contributed by atoms with Crippen LogP contribution < -0.4 is 5.32 Å². The Hall–Kier alpha value is -1.59. The lowest BCUT2D eigenvalue weighted by Crippen LogP contribution is -2.31. The molecule has 1 N–H and O–H groups in total. The van der Waals surface area contributed by atoms with Gasteiger partial charge < -0.3 is 14.5 Å². The number of hydrogen-bond acceptors (Lipinski definition) is 4. The molecule has 0 bridgehead atoms. The van der Waals surface area contributed by atoms with Gasteiger partial charge in [0.15, 0.2) is 0 Å². The van der Waals surface area contributed by atoms with Crippen molar-refractivity contribution in [1.82, 2.24) is 15.1 Å². The molecule has 23 heavy (non-hydrogen) atoms. The number of furan rings is 1. The number of hydrogen-bond donors (Lipinski definition) is 1. The number of nitrogens with one attached hydrogen (secondary N) is 1. The van der Waals surface area contributed by atoms with Crippen molar-refractivity contribution in [3.63, 3.8) is 0 Å². The van der Waals surface area contributed by atoms with Crippen molar-refractivity contribution in [2.75, 3.05) is 6.61 Å². The molecule has 5 heteroatoms. The Balaban J connectivity index is 1.40. The van der Waals surface area contributed by atoms with Crippen LogP contribution in [0.1, 0.15) is 54.6 Å². The number of ether oxygens (including phenoxy) is 1. The standard InChI is InChI=1S/C18H25N3O2/c1-11-8-14(11)17-5-4-13(23-17)9-19-16-6-7-22-18(16)15-10-20-21(3)12(15)2/h4-5,10-11,14,16,18-19H,6-9H2,1-3H3/t11-,14-,16-,18+/m0/s1. The van der Waals surface area contributed by atoms with Crippen molar-refractivity contribution < 1.29 is 9.15 Å². The molecular formula is C18H25N3O2. The summed E-state index contributed by atoms with van der Waals surface area (Å²) < 4.78 is 13.8. The summed E-state index contributed by atoms with van der Waals surface area (Å²) in [7, 11) is 1.97. The molecule has 2 aromatic heterocycles. The van der Waals surface area contributed by atoms with Gasteiger partial charge in [-0.15, -0.1) is 0 Å². The Morgan fingerprint density at radius 3 is 2.91 bits per heavy atom. The van der Waals surface area contributed by atoms with Crippen LogP contribution in [0.4, 0.5) is 0 Å². The van der Waals surface area contributed by atoms with E-state index in [1.54, 1.807) is 0 Å². The van der Waals surface area contributed by atoms with Gasteiger partial charge in [0, 0.05) is 36.9 Å². The molecule has 1 aliphatic heterocycles. The second kappa shape index (κ2) is 5.80. The maximum absolute atomic E-state index is 5.99. The van der Waals surface area contributed by atoms with Crippen molar-refractivity contribution in [3.8, 4) is 0 Å². The van der Waals surface area contributed by atoms with Gasteiger partial charge >= 0.3 is 0 Å². The van der Waals surface area contributed by atoms with E-state index in [1.165, 1.54) is 17.7 Å². The predicted molar refractivity (Wildman–Crippen MR) is 87.1 cm³/mol. The average molecular weight is 315 g/mol. The zero-order chi connectivity index (χ0) is 16.0. The smallest absolute Gasteiger partial charge is 0.117 e. The maximum atomic E-state index is 5.99. The number of aromatic nitrogens is 2. The molecule has 0 spiro atoms. The first-order chi connectivity index (χ1) is 11.1. The Bertz CT molecular complexity index is 690. The molecule has 2 fully saturated rings. The highest BCUT2D eigenvalue weighted by molar-refractivity contribution is 5.22. The van der Waals surface area contributed by atoms with Crippen molar-refractivity contribution >= 4 is 0 Å². The molecule has 2 aromatic rings. The van der Waals surface area contributed by atoms with Gasteiger partial charge in [-0.25, -0.2) is 0 Å². The third-order valence-corrected chi connectivity index (χ3v) is 5.37. The summed E-state index contributed by atoms with van der Waals surface area (Å²) in [6.45, 7) is 5.92. The molecule has 0 aromatic carbocycles. The second-order valence-electron chi connectivity index (χ2n) is 7.00. The summed E-state index contributed by atoms with van der Waals surface area (Å²) in [5, 5.41) is 7.95. The van der Waals surface area contributed by atoms with E-state index >= 15 is 0 Å². The van der Waals surface area contributed by atoms with Gasteiger partial charge in [0.2, 0.25) is 0 Å².